The van der Waals surface area contributed by atoms with Crippen LogP contribution in [0.15, 0.2) is 6.07 Å². The molecule has 0 saturated heterocycles. The molecule has 0 aromatic carbocycles. The Morgan fingerprint density at radius 2 is 1.86 bits per heavy atom. The molecule has 0 bridgehead atoms. The highest BCUT2D eigenvalue weighted by Crippen LogP contribution is 2.12. The van der Waals surface area contributed by atoms with Crippen LogP contribution in [0.5, 0.6) is 0 Å². The van der Waals surface area contributed by atoms with Crippen LogP contribution in [-0.2, 0) is 0 Å². The van der Waals surface area contributed by atoms with E-state index in [-0.39, 0.29) is 11.9 Å². The third kappa shape index (κ3) is 5.33. The lowest BCUT2D eigenvalue weighted by atomic mass is 10.2. The molecule has 1 heterocycles. The van der Waals surface area contributed by atoms with E-state index in [2.05, 4.69) is 34.0 Å². The molecule has 118 valence electrons. The molecule has 1 N–H and O–H groups in total. The van der Waals surface area contributed by atoms with Crippen molar-refractivity contribution in [3.63, 3.8) is 0 Å². The number of aromatic nitrogens is 2. The maximum atomic E-state index is 12.2. The van der Waals surface area contributed by atoms with Gasteiger partial charge in [-0.25, -0.2) is 9.97 Å². The average Bonchev–Trinajstić information content (AvgIpc) is 2.46. The van der Waals surface area contributed by atoms with E-state index in [4.69, 9.17) is 0 Å². The molecule has 1 aromatic heterocycles. The summed E-state index contributed by atoms with van der Waals surface area (Å²) in [5.41, 5.74) is 1.28. The highest BCUT2D eigenvalue weighted by Gasteiger charge is 2.15. The van der Waals surface area contributed by atoms with Gasteiger partial charge in [-0.2, -0.15) is 0 Å². The zero-order chi connectivity index (χ0) is 15.8. The second-order valence-electron chi connectivity index (χ2n) is 5.46. The Labute approximate surface area is 128 Å². The van der Waals surface area contributed by atoms with Gasteiger partial charge in [-0.3, -0.25) is 4.79 Å². The molecule has 1 amide bonds. The molecule has 21 heavy (non-hydrogen) atoms. The van der Waals surface area contributed by atoms with Crippen LogP contribution in [0.2, 0.25) is 0 Å². The Morgan fingerprint density at radius 3 is 2.38 bits per heavy atom. The normalized spacial score (nSPS) is 12.0. The zero-order valence-corrected chi connectivity index (χ0v) is 13.9. The first-order valence-corrected chi connectivity index (χ1v) is 7.93. The summed E-state index contributed by atoms with van der Waals surface area (Å²) in [5.74, 6) is 0.539. The van der Waals surface area contributed by atoms with Gasteiger partial charge in [0.05, 0.1) is 0 Å². The number of carbonyl (C=O) groups is 1. The van der Waals surface area contributed by atoms with E-state index in [1.807, 2.05) is 20.8 Å². The van der Waals surface area contributed by atoms with Gasteiger partial charge in [-0.05, 0) is 39.2 Å². The Kier molecular flexibility index (Phi) is 7.12. The van der Waals surface area contributed by atoms with Gasteiger partial charge in [0, 0.05) is 24.8 Å². The van der Waals surface area contributed by atoms with Gasteiger partial charge >= 0.3 is 0 Å². The molecule has 1 atom stereocenters. The summed E-state index contributed by atoms with van der Waals surface area (Å²) >= 11 is 0. The molecule has 0 fully saturated rings. The van der Waals surface area contributed by atoms with Gasteiger partial charge in [0.25, 0.3) is 5.91 Å². The molecular weight excluding hydrogens is 264 g/mol. The molecule has 1 rings (SSSR count). The predicted octanol–water partition coefficient (Wildman–Crippen LogP) is 2.94. The van der Waals surface area contributed by atoms with Gasteiger partial charge < -0.3 is 10.2 Å². The van der Waals surface area contributed by atoms with Crippen LogP contribution in [0.3, 0.4) is 0 Å². The SMILES string of the molecule is CCCN(CCC)c1nc(C)cc(C(=O)NC(C)CC)n1. The van der Waals surface area contributed by atoms with Crippen LogP contribution in [-0.4, -0.2) is 35.0 Å². The van der Waals surface area contributed by atoms with Crippen molar-refractivity contribution >= 4 is 11.9 Å². The van der Waals surface area contributed by atoms with E-state index in [1.54, 1.807) is 6.07 Å². The molecule has 1 aromatic rings. The molecule has 0 saturated carbocycles. The van der Waals surface area contributed by atoms with Crippen molar-refractivity contribution in [3.8, 4) is 0 Å². The molecule has 5 heteroatoms. The molecule has 0 spiro atoms. The van der Waals surface area contributed by atoms with Crippen LogP contribution in [0.4, 0.5) is 5.95 Å². The first-order valence-electron chi connectivity index (χ1n) is 7.93. The van der Waals surface area contributed by atoms with Gasteiger partial charge in [-0.15, -0.1) is 0 Å². The minimum Gasteiger partial charge on any atom is -0.348 e. The molecule has 1 unspecified atom stereocenters. The Morgan fingerprint density at radius 1 is 1.24 bits per heavy atom. The summed E-state index contributed by atoms with van der Waals surface area (Å²) in [6.45, 7) is 12.0. The number of nitrogens with zero attached hydrogens (tertiary/aromatic N) is 3. The van der Waals surface area contributed by atoms with Gasteiger partial charge in [0.1, 0.15) is 5.69 Å². The van der Waals surface area contributed by atoms with Crippen molar-refractivity contribution in [2.75, 3.05) is 18.0 Å². The van der Waals surface area contributed by atoms with E-state index in [0.717, 1.165) is 38.0 Å². The lowest BCUT2D eigenvalue weighted by Crippen LogP contribution is -2.33. The third-order valence-corrected chi connectivity index (χ3v) is 3.33. The number of hydrogen-bond donors (Lipinski definition) is 1. The van der Waals surface area contributed by atoms with Crippen LogP contribution >= 0.6 is 0 Å². The standard InChI is InChI=1S/C16H28N4O/c1-6-9-20(10-7-2)16-18-13(5)11-14(19-16)15(21)17-12(4)8-3/h11-12H,6-10H2,1-5H3,(H,17,21). The Hall–Kier alpha value is -1.65. The maximum Gasteiger partial charge on any atom is 0.270 e. The molecule has 5 nitrogen and oxygen atoms in total. The summed E-state index contributed by atoms with van der Waals surface area (Å²) in [6, 6.07) is 1.90. The number of hydrogen-bond acceptors (Lipinski definition) is 4. The van der Waals surface area contributed by atoms with Crippen molar-refractivity contribution in [1.82, 2.24) is 15.3 Å². The second kappa shape index (κ2) is 8.60. The lowest BCUT2D eigenvalue weighted by Gasteiger charge is -2.22. The minimum atomic E-state index is -0.121. The fraction of sp³-hybridized carbons (Fsp3) is 0.688. The first kappa shape index (κ1) is 17.4. The van der Waals surface area contributed by atoms with Crippen molar-refractivity contribution in [2.45, 2.75) is 59.9 Å². The van der Waals surface area contributed by atoms with Crippen molar-refractivity contribution < 1.29 is 4.79 Å². The molecule has 0 radical (unpaired) electrons. The molecule has 0 aliphatic carbocycles. The second-order valence-corrected chi connectivity index (χ2v) is 5.46. The van der Waals surface area contributed by atoms with Crippen LogP contribution in [0.1, 0.15) is 63.1 Å². The Balaban J connectivity index is 2.99. The first-order chi connectivity index (χ1) is 10.0. The molecule has 0 aliphatic rings. The van der Waals surface area contributed by atoms with Crippen LogP contribution in [0, 0.1) is 6.92 Å². The number of carbonyl (C=O) groups excluding carboxylic acids is 1. The largest absolute Gasteiger partial charge is 0.348 e. The minimum absolute atomic E-state index is 0.121. The zero-order valence-electron chi connectivity index (χ0n) is 13.9. The highest BCUT2D eigenvalue weighted by molar-refractivity contribution is 5.92. The van der Waals surface area contributed by atoms with Crippen molar-refractivity contribution in [1.29, 1.82) is 0 Å². The number of amides is 1. The van der Waals surface area contributed by atoms with Gasteiger partial charge in [0.2, 0.25) is 5.95 Å². The lowest BCUT2D eigenvalue weighted by molar-refractivity contribution is 0.0934. The number of anilines is 1. The highest BCUT2D eigenvalue weighted by atomic mass is 16.1. The van der Waals surface area contributed by atoms with E-state index in [1.165, 1.54) is 0 Å². The van der Waals surface area contributed by atoms with E-state index >= 15 is 0 Å². The van der Waals surface area contributed by atoms with Crippen LogP contribution in [0.25, 0.3) is 0 Å². The summed E-state index contributed by atoms with van der Waals surface area (Å²) in [4.78, 5) is 23.3. The van der Waals surface area contributed by atoms with Gasteiger partial charge in [-0.1, -0.05) is 20.8 Å². The summed E-state index contributed by atoms with van der Waals surface area (Å²) in [5, 5.41) is 2.96. The smallest absolute Gasteiger partial charge is 0.270 e. The van der Waals surface area contributed by atoms with Crippen LogP contribution < -0.4 is 10.2 Å². The monoisotopic (exact) mass is 292 g/mol. The summed E-state index contributed by atoms with van der Waals surface area (Å²) in [6.07, 6.45) is 2.97. The van der Waals surface area contributed by atoms with E-state index < -0.39 is 0 Å². The summed E-state index contributed by atoms with van der Waals surface area (Å²) in [7, 11) is 0. The average molecular weight is 292 g/mol. The number of nitrogens with one attached hydrogen (secondary N) is 1. The molecule has 0 aliphatic heterocycles. The van der Waals surface area contributed by atoms with Crippen molar-refractivity contribution in [3.05, 3.63) is 17.5 Å². The maximum absolute atomic E-state index is 12.2. The fourth-order valence-electron chi connectivity index (χ4n) is 2.06. The fourth-order valence-corrected chi connectivity index (χ4v) is 2.06. The van der Waals surface area contributed by atoms with E-state index in [0.29, 0.717) is 11.6 Å². The van der Waals surface area contributed by atoms with Crippen molar-refractivity contribution in [2.24, 2.45) is 0 Å². The Bertz CT molecular complexity index is 456. The topological polar surface area (TPSA) is 58.1 Å². The third-order valence-electron chi connectivity index (χ3n) is 3.33. The van der Waals surface area contributed by atoms with Gasteiger partial charge in [0.15, 0.2) is 0 Å². The predicted molar refractivity (Wildman–Crippen MR) is 86.8 cm³/mol. The number of aryl methyl sites for hydroxylation is 1. The quantitative estimate of drug-likeness (QED) is 0.800. The number of rotatable bonds is 8. The summed E-state index contributed by atoms with van der Waals surface area (Å²) < 4.78 is 0. The van der Waals surface area contributed by atoms with E-state index in [9.17, 15) is 4.79 Å². The molecular formula is C16H28N4O.